The van der Waals surface area contributed by atoms with E-state index in [4.69, 9.17) is 0 Å². The number of nitrogens with one attached hydrogen (secondary N) is 3. The summed E-state index contributed by atoms with van der Waals surface area (Å²) < 4.78 is 23.5. The van der Waals surface area contributed by atoms with Crippen molar-refractivity contribution in [2.45, 2.75) is 31.8 Å². The molecule has 7 nitrogen and oxygen atoms in total. The van der Waals surface area contributed by atoms with E-state index in [1.807, 2.05) is 31.2 Å². The Hall–Kier alpha value is -2.14. The molecule has 0 heterocycles. The van der Waals surface area contributed by atoms with Crippen molar-refractivity contribution < 1.29 is 13.2 Å². The molecule has 30 heavy (non-hydrogen) atoms. The number of amides is 1. The first-order valence-electron chi connectivity index (χ1n) is 9.37. The number of benzene rings is 2. The summed E-state index contributed by atoms with van der Waals surface area (Å²) in [6.45, 7) is 5.41. The van der Waals surface area contributed by atoms with Gasteiger partial charge in [-0.25, -0.2) is 13.4 Å². The molecule has 0 saturated heterocycles. The zero-order valence-corrected chi connectivity index (χ0v) is 20.8. The molecule has 0 radical (unpaired) electrons. The molecule has 2 aromatic rings. The first kappa shape index (κ1) is 25.9. The van der Waals surface area contributed by atoms with Crippen LogP contribution in [0.15, 0.2) is 52.4 Å². The van der Waals surface area contributed by atoms with Crippen molar-refractivity contribution in [2.75, 3.05) is 19.8 Å². The number of hydrogen-bond donors (Lipinski definition) is 3. The Kier molecular flexibility index (Phi) is 10.3. The predicted molar refractivity (Wildman–Crippen MR) is 131 cm³/mol. The highest BCUT2D eigenvalue weighted by molar-refractivity contribution is 14.0. The van der Waals surface area contributed by atoms with E-state index in [-0.39, 0.29) is 29.9 Å². The summed E-state index contributed by atoms with van der Waals surface area (Å²) in [6, 6.07) is 12.6. The summed E-state index contributed by atoms with van der Waals surface area (Å²) in [6.07, 6.45) is 1.21. The first-order chi connectivity index (χ1) is 13.7. The molecule has 0 aliphatic carbocycles. The smallest absolute Gasteiger partial charge is 0.251 e. The highest BCUT2D eigenvalue weighted by Crippen LogP contribution is 2.16. The van der Waals surface area contributed by atoms with Crippen molar-refractivity contribution in [3.05, 3.63) is 64.7 Å². The molecule has 0 spiro atoms. The molecule has 2 rings (SSSR count). The van der Waals surface area contributed by atoms with E-state index in [9.17, 15) is 13.2 Å². The summed E-state index contributed by atoms with van der Waals surface area (Å²) in [5, 5.41) is 9.05. The molecule has 0 saturated carbocycles. The van der Waals surface area contributed by atoms with Crippen LogP contribution in [0, 0.1) is 6.92 Å². The van der Waals surface area contributed by atoms with Gasteiger partial charge >= 0.3 is 0 Å². The summed E-state index contributed by atoms with van der Waals surface area (Å²) in [4.78, 5) is 16.7. The third-order valence-electron chi connectivity index (χ3n) is 4.28. The van der Waals surface area contributed by atoms with E-state index < -0.39 is 9.84 Å². The van der Waals surface area contributed by atoms with E-state index in [1.54, 1.807) is 32.2 Å². The van der Waals surface area contributed by atoms with Crippen molar-refractivity contribution in [1.29, 1.82) is 0 Å². The average molecular weight is 544 g/mol. The largest absolute Gasteiger partial charge is 0.357 e. The number of halogens is 1. The van der Waals surface area contributed by atoms with Gasteiger partial charge in [-0.05, 0) is 48.7 Å². The van der Waals surface area contributed by atoms with Gasteiger partial charge < -0.3 is 16.0 Å². The maximum atomic E-state index is 11.8. The second-order valence-corrected chi connectivity index (χ2v) is 8.68. The lowest BCUT2D eigenvalue weighted by molar-refractivity contribution is 0.0963. The third kappa shape index (κ3) is 7.60. The molecule has 0 bridgehead atoms. The zero-order valence-electron chi connectivity index (χ0n) is 17.7. The van der Waals surface area contributed by atoms with Gasteiger partial charge in [0.2, 0.25) is 0 Å². The van der Waals surface area contributed by atoms with Crippen LogP contribution in [0.25, 0.3) is 0 Å². The Morgan fingerprint density at radius 1 is 1.07 bits per heavy atom. The molecule has 164 valence electrons. The zero-order chi connectivity index (χ0) is 21.4. The topological polar surface area (TPSA) is 99.7 Å². The number of aliphatic imine (C=N–C) groups is 1. The van der Waals surface area contributed by atoms with Gasteiger partial charge in [0, 0.05) is 32.0 Å². The number of carbonyl (C=O) groups excluding carboxylic acids is 1. The Morgan fingerprint density at radius 2 is 1.80 bits per heavy atom. The molecular formula is C21H29IN4O3S. The minimum atomic E-state index is -3.23. The van der Waals surface area contributed by atoms with Crippen LogP contribution in [0.5, 0.6) is 0 Å². The number of rotatable bonds is 7. The quantitative estimate of drug-likeness (QED) is 0.283. The van der Waals surface area contributed by atoms with Crippen molar-refractivity contribution in [2.24, 2.45) is 4.99 Å². The molecule has 9 heteroatoms. The number of carbonyl (C=O) groups is 1. The van der Waals surface area contributed by atoms with Crippen LogP contribution in [0.4, 0.5) is 0 Å². The van der Waals surface area contributed by atoms with E-state index >= 15 is 0 Å². The third-order valence-corrected chi connectivity index (χ3v) is 5.54. The average Bonchev–Trinajstić information content (AvgIpc) is 2.68. The lowest BCUT2D eigenvalue weighted by atomic mass is 10.1. The van der Waals surface area contributed by atoms with Crippen LogP contribution < -0.4 is 16.0 Å². The molecule has 3 N–H and O–H groups in total. The van der Waals surface area contributed by atoms with E-state index in [0.717, 1.165) is 16.7 Å². The van der Waals surface area contributed by atoms with Crippen LogP contribution in [0.1, 0.15) is 34.0 Å². The summed E-state index contributed by atoms with van der Waals surface area (Å²) in [7, 11) is -1.62. The van der Waals surface area contributed by atoms with Crippen LogP contribution in [0.2, 0.25) is 0 Å². The Balaban J connectivity index is 0.00000450. The maximum Gasteiger partial charge on any atom is 0.251 e. The predicted octanol–water partition coefficient (Wildman–Crippen LogP) is 2.63. The van der Waals surface area contributed by atoms with Crippen LogP contribution in [-0.4, -0.2) is 40.1 Å². The van der Waals surface area contributed by atoms with E-state index in [2.05, 4.69) is 20.9 Å². The van der Waals surface area contributed by atoms with Crippen LogP contribution in [-0.2, 0) is 22.9 Å². The summed E-state index contributed by atoms with van der Waals surface area (Å²) in [5.74, 6) is 0.511. The summed E-state index contributed by atoms with van der Waals surface area (Å²) in [5.41, 5.74) is 3.21. The minimum absolute atomic E-state index is 0. The van der Waals surface area contributed by atoms with Gasteiger partial charge in [-0.1, -0.05) is 24.3 Å². The molecule has 0 aromatic heterocycles. The number of nitrogens with zero attached hydrogens (tertiary/aromatic N) is 1. The fourth-order valence-corrected chi connectivity index (χ4v) is 3.85. The molecule has 0 atom stereocenters. The minimum Gasteiger partial charge on any atom is -0.357 e. The van der Waals surface area contributed by atoms with E-state index in [1.165, 1.54) is 6.26 Å². The lowest BCUT2D eigenvalue weighted by Gasteiger charge is -2.13. The standard InChI is InChI=1S/C21H28N4O3S.HI/c1-5-23-21(24-13-16-7-6-8-18(12-16)20(26)22-3)25-14-17-9-10-19(15(2)11-17)29(4,27)28;/h6-12H,5,13-14H2,1-4H3,(H,22,26)(H2,23,24,25);1H. The second-order valence-electron chi connectivity index (χ2n) is 6.70. The van der Waals surface area contributed by atoms with Crippen LogP contribution in [0.3, 0.4) is 0 Å². The van der Waals surface area contributed by atoms with E-state index in [0.29, 0.717) is 36.1 Å². The van der Waals surface area contributed by atoms with Crippen molar-refractivity contribution in [3.8, 4) is 0 Å². The summed E-state index contributed by atoms with van der Waals surface area (Å²) >= 11 is 0. The van der Waals surface area contributed by atoms with Crippen LogP contribution >= 0.6 is 24.0 Å². The molecule has 0 aliphatic heterocycles. The molecule has 2 aromatic carbocycles. The molecule has 0 unspecified atom stereocenters. The van der Waals surface area contributed by atoms with Gasteiger partial charge in [-0.3, -0.25) is 4.79 Å². The van der Waals surface area contributed by atoms with Gasteiger partial charge in [0.15, 0.2) is 15.8 Å². The number of hydrogen-bond acceptors (Lipinski definition) is 4. The Morgan fingerprint density at radius 3 is 2.40 bits per heavy atom. The second kappa shape index (κ2) is 11.9. The maximum absolute atomic E-state index is 11.8. The highest BCUT2D eigenvalue weighted by Gasteiger charge is 2.11. The van der Waals surface area contributed by atoms with Gasteiger partial charge in [-0.2, -0.15) is 0 Å². The number of aryl methyl sites for hydroxylation is 1. The number of guanidine groups is 1. The fraction of sp³-hybridized carbons (Fsp3) is 0.333. The first-order valence-corrected chi connectivity index (χ1v) is 11.3. The monoisotopic (exact) mass is 544 g/mol. The molecular weight excluding hydrogens is 515 g/mol. The highest BCUT2D eigenvalue weighted by atomic mass is 127. The van der Waals surface area contributed by atoms with Gasteiger partial charge in [0.05, 0.1) is 11.4 Å². The fourth-order valence-electron chi connectivity index (χ4n) is 2.89. The normalized spacial score (nSPS) is 11.4. The van der Waals surface area contributed by atoms with Gasteiger partial charge in [0.1, 0.15) is 0 Å². The Bertz CT molecular complexity index is 1010. The van der Waals surface area contributed by atoms with Gasteiger partial charge in [-0.15, -0.1) is 24.0 Å². The number of sulfone groups is 1. The molecule has 0 aliphatic rings. The van der Waals surface area contributed by atoms with Crippen molar-refractivity contribution in [3.63, 3.8) is 0 Å². The van der Waals surface area contributed by atoms with Gasteiger partial charge in [0.25, 0.3) is 5.91 Å². The lowest BCUT2D eigenvalue weighted by Crippen LogP contribution is -2.36. The molecule has 1 amide bonds. The molecule has 0 fully saturated rings. The van der Waals surface area contributed by atoms with Crippen molar-refractivity contribution >= 4 is 45.7 Å². The SMILES string of the molecule is CCNC(=NCc1cccc(C(=O)NC)c1)NCc1ccc(S(C)(=O)=O)c(C)c1.I. The Labute approximate surface area is 195 Å². The van der Waals surface area contributed by atoms with Crippen molar-refractivity contribution in [1.82, 2.24) is 16.0 Å².